The minimum Gasteiger partial charge on any atom is -0.544 e. The third kappa shape index (κ3) is 5.60. The highest BCUT2D eigenvalue weighted by molar-refractivity contribution is 8.04. The Kier molecular flexibility index (Phi) is 6.16. The summed E-state index contributed by atoms with van der Waals surface area (Å²) in [7, 11) is 0. The molecule has 1 aromatic heterocycles. The van der Waals surface area contributed by atoms with Gasteiger partial charge < -0.3 is 14.6 Å². The van der Waals surface area contributed by atoms with Crippen molar-refractivity contribution in [2.45, 2.75) is 18.7 Å². The van der Waals surface area contributed by atoms with Gasteiger partial charge in [-0.1, -0.05) is 35.9 Å². The minimum atomic E-state index is -1.29. The molecule has 27 heavy (non-hydrogen) atoms. The maximum absolute atomic E-state index is 11.4. The number of nitrogens with zero attached hydrogens (tertiary/aromatic N) is 2. The van der Waals surface area contributed by atoms with E-state index < -0.39 is 5.97 Å². The number of H-pyrrole nitrogens is 1. The molecular formula is C19H15ClN3O3S-. The van der Waals surface area contributed by atoms with Gasteiger partial charge in [0.05, 0.1) is 5.97 Å². The molecule has 0 fully saturated rings. The smallest absolute Gasteiger partial charge is 0.213 e. The van der Waals surface area contributed by atoms with Crippen molar-refractivity contribution in [2.75, 3.05) is 0 Å². The highest BCUT2D eigenvalue weighted by Gasteiger charge is 2.07. The Labute approximate surface area is 165 Å². The molecule has 0 saturated heterocycles. The molecule has 0 bridgehead atoms. The van der Waals surface area contributed by atoms with Crippen LogP contribution in [0.25, 0.3) is 6.08 Å². The number of halogens is 1. The van der Waals surface area contributed by atoms with E-state index in [4.69, 9.17) is 16.3 Å². The molecule has 8 heteroatoms. The van der Waals surface area contributed by atoms with Gasteiger partial charge in [0.25, 0.3) is 0 Å². The first-order valence-corrected chi connectivity index (χ1v) is 9.16. The first-order valence-electron chi connectivity index (χ1n) is 7.97. The third-order valence-corrected chi connectivity index (χ3v) is 4.60. The maximum atomic E-state index is 11.4. The van der Waals surface area contributed by atoms with E-state index in [2.05, 4.69) is 15.2 Å². The standard InChI is InChI=1S/C19H16ClN3O3S/c1-12-21-19(23-22-12)27-17(18(24)25)10-13-4-8-16(9-5-13)26-11-14-2-6-15(20)7-3-14/h2-10H,11H2,1H3,(H,24,25)(H,21,22,23)/p-1/b17-10-. The van der Waals surface area contributed by atoms with Crippen molar-refractivity contribution >= 4 is 35.4 Å². The molecule has 138 valence electrons. The van der Waals surface area contributed by atoms with Gasteiger partial charge in [0.15, 0.2) is 0 Å². The minimum absolute atomic E-state index is 0.0174. The summed E-state index contributed by atoms with van der Waals surface area (Å²) < 4.78 is 5.72. The van der Waals surface area contributed by atoms with E-state index in [1.165, 1.54) is 6.08 Å². The molecule has 3 rings (SSSR count). The van der Waals surface area contributed by atoms with Gasteiger partial charge in [0.2, 0.25) is 5.16 Å². The average Bonchev–Trinajstić information content (AvgIpc) is 3.06. The lowest BCUT2D eigenvalue weighted by Crippen LogP contribution is -2.23. The number of aromatic nitrogens is 3. The molecule has 0 radical (unpaired) electrons. The molecule has 1 N–H and O–H groups in total. The van der Waals surface area contributed by atoms with Gasteiger partial charge in [-0.2, -0.15) is 0 Å². The normalized spacial score (nSPS) is 11.4. The van der Waals surface area contributed by atoms with Crippen LogP contribution < -0.4 is 9.84 Å². The van der Waals surface area contributed by atoms with Crippen LogP contribution in [0.15, 0.2) is 58.6 Å². The zero-order valence-electron chi connectivity index (χ0n) is 14.3. The summed E-state index contributed by atoms with van der Waals surface area (Å²) in [5.74, 6) is -0.00255. The molecule has 0 aliphatic carbocycles. The molecule has 0 saturated carbocycles. The topological polar surface area (TPSA) is 90.9 Å². The molecular weight excluding hydrogens is 386 g/mol. The van der Waals surface area contributed by atoms with E-state index in [0.29, 0.717) is 33.9 Å². The van der Waals surface area contributed by atoms with E-state index >= 15 is 0 Å². The van der Waals surface area contributed by atoms with Gasteiger partial charge in [-0.05, 0) is 60.2 Å². The molecule has 3 aromatic rings. The summed E-state index contributed by atoms with van der Waals surface area (Å²) in [6.45, 7) is 2.15. The lowest BCUT2D eigenvalue weighted by molar-refractivity contribution is -0.297. The third-order valence-electron chi connectivity index (χ3n) is 3.48. The van der Waals surface area contributed by atoms with Crippen LogP contribution in [-0.4, -0.2) is 21.2 Å². The van der Waals surface area contributed by atoms with Gasteiger partial charge in [0.1, 0.15) is 18.2 Å². The number of carboxylic acids is 1. The molecule has 2 aromatic carbocycles. The lowest BCUT2D eigenvalue weighted by atomic mass is 10.2. The highest BCUT2D eigenvalue weighted by Crippen LogP contribution is 2.25. The summed E-state index contributed by atoms with van der Waals surface area (Å²) in [5, 5.41) is 19.0. The van der Waals surface area contributed by atoms with Crippen LogP contribution in [0.2, 0.25) is 5.02 Å². The number of carboxylic acid groups (broad SMARTS) is 1. The fourth-order valence-electron chi connectivity index (χ4n) is 2.16. The second-order valence-electron chi connectivity index (χ2n) is 5.59. The van der Waals surface area contributed by atoms with Crippen molar-refractivity contribution in [1.29, 1.82) is 0 Å². The first kappa shape index (κ1) is 19.0. The van der Waals surface area contributed by atoms with Crippen LogP contribution in [0.3, 0.4) is 0 Å². The molecule has 0 spiro atoms. The Balaban J connectivity index is 1.66. The summed E-state index contributed by atoms with van der Waals surface area (Å²) in [6, 6.07) is 14.5. The van der Waals surface area contributed by atoms with Gasteiger partial charge in [0, 0.05) is 9.93 Å². The zero-order valence-corrected chi connectivity index (χ0v) is 15.9. The van der Waals surface area contributed by atoms with Crippen LogP contribution in [-0.2, 0) is 11.4 Å². The van der Waals surface area contributed by atoms with Crippen molar-refractivity contribution in [3.05, 3.63) is 75.4 Å². The molecule has 0 amide bonds. The molecule has 0 aliphatic heterocycles. The predicted octanol–water partition coefficient (Wildman–Crippen LogP) is 3.23. The van der Waals surface area contributed by atoms with Crippen LogP contribution in [0.4, 0.5) is 0 Å². The summed E-state index contributed by atoms with van der Waals surface area (Å²) in [6.07, 6.45) is 1.51. The number of hydrogen-bond acceptors (Lipinski definition) is 6. The van der Waals surface area contributed by atoms with Crippen LogP contribution in [0, 0.1) is 6.92 Å². The van der Waals surface area contributed by atoms with Crippen molar-refractivity contribution in [1.82, 2.24) is 15.2 Å². The Morgan fingerprint density at radius 3 is 2.52 bits per heavy atom. The largest absolute Gasteiger partial charge is 0.544 e. The number of ether oxygens (including phenoxy) is 1. The fraction of sp³-hybridized carbons (Fsp3) is 0.105. The highest BCUT2D eigenvalue weighted by atomic mass is 35.5. The number of aryl methyl sites for hydroxylation is 1. The summed E-state index contributed by atoms with van der Waals surface area (Å²) in [4.78, 5) is 15.5. The van der Waals surface area contributed by atoms with E-state index in [0.717, 1.165) is 17.3 Å². The number of carbonyl (C=O) groups excluding carboxylic acids is 1. The van der Waals surface area contributed by atoms with Gasteiger partial charge >= 0.3 is 0 Å². The molecule has 6 nitrogen and oxygen atoms in total. The number of thioether (sulfide) groups is 1. The second-order valence-corrected chi connectivity index (χ2v) is 7.03. The Morgan fingerprint density at radius 2 is 1.93 bits per heavy atom. The number of hydrogen-bond donors (Lipinski definition) is 1. The number of carbonyl (C=O) groups is 1. The quantitative estimate of drug-likeness (QED) is 0.483. The van der Waals surface area contributed by atoms with Crippen LogP contribution >= 0.6 is 23.4 Å². The SMILES string of the molecule is Cc1nc(S/C(=C\c2ccc(OCc3ccc(Cl)cc3)cc2)C(=O)[O-])n[nH]1. The maximum Gasteiger partial charge on any atom is 0.213 e. The molecule has 0 aliphatic rings. The summed E-state index contributed by atoms with van der Waals surface area (Å²) in [5.41, 5.74) is 1.70. The number of aliphatic carboxylic acids is 1. The van der Waals surface area contributed by atoms with Crippen molar-refractivity contribution < 1.29 is 14.6 Å². The second kappa shape index (κ2) is 8.75. The predicted molar refractivity (Wildman–Crippen MR) is 102 cm³/mol. The van der Waals surface area contributed by atoms with Crippen LogP contribution in [0.5, 0.6) is 5.75 Å². The van der Waals surface area contributed by atoms with E-state index in [1.54, 1.807) is 31.2 Å². The van der Waals surface area contributed by atoms with Crippen molar-refractivity contribution in [3.63, 3.8) is 0 Å². The molecule has 0 unspecified atom stereocenters. The number of nitrogens with one attached hydrogen (secondary N) is 1. The molecule has 1 heterocycles. The van der Waals surface area contributed by atoms with Gasteiger partial charge in [-0.3, -0.25) is 5.10 Å². The molecule has 0 atom stereocenters. The fourth-order valence-corrected chi connectivity index (χ4v) is 3.03. The van der Waals surface area contributed by atoms with Gasteiger partial charge in [-0.15, -0.1) is 5.10 Å². The average molecular weight is 401 g/mol. The Morgan fingerprint density at radius 1 is 1.22 bits per heavy atom. The Bertz CT molecular complexity index is 953. The lowest BCUT2D eigenvalue weighted by Gasteiger charge is -2.08. The monoisotopic (exact) mass is 400 g/mol. The Hall–Kier alpha value is -2.77. The zero-order chi connectivity index (χ0) is 19.2. The first-order chi connectivity index (χ1) is 13.0. The summed E-state index contributed by atoms with van der Waals surface area (Å²) >= 11 is 6.79. The number of benzene rings is 2. The van der Waals surface area contributed by atoms with Crippen LogP contribution in [0.1, 0.15) is 17.0 Å². The number of rotatable bonds is 7. The van der Waals surface area contributed by atoms with E-state index in [-0.39, 0.29) is 4.91 Å². The van der Waals surface area contributed by atoms with E-state index in [1.807, 2.05) is 24.3 Å². The van der Waals surface area contributed by atoms with Gasteiger partial charge in [-0.25, -0.2) is 4.98 Å². The number of aromatic amines is 1. The van der Waals surface area contributed by atoms with Crippen molar-refractivity contribution in [2.24, 2.45) is 0 Å². The van der Waals surface area contributed by atoms with E-state index in [9.17, 15) is 9.90 Å². The van der Waals surface area contributed by atoms with Crippen molar-refractivity contribution in [3.8, 4) is 5.75 Å².